The molecule has 6 rings (SSSR count). The van der Waals surface area contributed by atoms with Gasteiger partial charge in [-0.15, -0.1) is 0 Å². The Morgan fingerprint density at radius 2 is 1.44 bits per heavy atom. The molecule has 1 aliphatic rings. The quantitative estimate of drug-likeness (QED) is 0.143. The fraction of sp³-hybridized carbons (Fsp3) is 0.242. The molecule has 0 saturated carbocycles. The van der Waals surface area contributed by atoms with Crippen LogP contribution in [0.2, 0.25) is 0 Å². The molecule has 0 bridgehead atoms. The molecular formula is C33H33N2O8S2+. The zero-order valence-corrected chi connectivity index (χ0v) is 26.5. The Kier molecular flexibility index (Phi) is 7.94. The van der Waals surface area contributed by atoms with Gasteiger partial charge in [-0.1, -0.05) is 55.5 Å². The van der Waals surface area contributed by atoms with Crippen molar-refractivity contribution < 1.29 is 39.7 Å². The third-order valence-electron chi connectivity index (χ3n) is 8.12. The average Bonchev–Trinajstić information content (AvgIpc) is 3.48. The van der Waals surface area contributed by atoms with Crippen LogP contribution in [-0.4, -0.2) is 43.0 Å². The highest BCUT2D eigenvalue weighted by Crippen LogP contribution is 2.42. The van der Waals surface area contributed by atoms with Gasteiger partial charge in [0.05, 0.1) is 11.8 Å². The van der Waals surface area contributed by atoms with E-state index in [-0.39, 0.29) is 13.1 Å². The highest BCUT2D eigenvalue weighted by atomic mass is 32.2. The molecule has 234 valence electrons. The lowest BCUT2D eigenvalue weighted by Crippen LogP contribution is -2.42. The Morgan fingerprint density at radius 1 is 0.867 bits per heavy atom. The minimum absolute atomic E-state index is 0.0594. The van der Waals surface area contributed by atoms with Crippen molar-refractivity contribution in [3.8, 4) is 5.75 Å². The molecule has 0 fully saturated rings. The maximum Gasteiger partial charge on any atom is 0.374 e. The number of anilines is 1. The van der Waals surface area contributed by atoms with E-state index in [0.29, 0.717) is 40.7 Å². The number of ether oxygens (including phenoxy) is 1. The van der Waals surface area contributed by atoms with Gasteiger partial charge in [-0.25, -0.2) is 0 Å². The number of hydrogen-bond donors (Lipinski definition) is 2. The third kappa shape index (κ3) is 6.19. The van der Waals surface area contributed by atoms with E-state index in [4.69, 9.17) is 9.15 Å². The number of rotatable bonds is 9. The number of fused-ring (bicyclic) bond motifs is 4. The number of nitrogens with zero attached hydrogens (tertiary/aromatic N) is 2. The van der Waals surface area contributed by atoms with Crippen LogP contribution < -0.4 is 14.2 Å². The molecule has 45 heavy (non-hydrogen) atoms. The number of hydrogen-bond acceptors (Lipinski definition) is 7. The number of oxazole rings is 1. The molecule has 2 heterocycles. The summed E-state index contributed by atoms with van der Waals surface area (Å²) in [5.41, 5.74) is 2.62. The van der Waals surface area contributed by atoms with Gasteiger partial charge >= 0.3 is 5.89 Å². The molecule has 12 heteroatoms. The minimum Gasteiger partial charge on any atom is -0.439 e. The highest BCUT2D eigenvalue weighted by Gasteiger charge is 2.33. The second-order valence-electron chi connectivity index (χ2n) is 11.3. The van der Waals surface area contributed by atoms with E-state index in [1.165, 1.54) is 13.8 Å². The third-order valence-corrected chi connectivity index (χ3v) is 10.5. The zero-order valence-electron chi connectivity index (χ0n) is 24.9. The van der Waals surface area contributed by atoms with E-state index in [2.05, 4.69) is 0 Å². The van der Waals surface area contributed by atoms with Crippen LogP contribution in [0.4, 0.5) is 5.69 Å². The molecule has 2 unspecified atom stereocenters. The first-order chi connectivity index (χ1) is 21.3. The van der Waals surface area contributed by atoms with Crippen molar-refractivity contribution in [1.29, 1.82) is 0 Å². The summed E-state index contributed by atoms with van der Waals surface area (Å²) in [4.78, 5) is 1.73. The maximum atomic E-state index is 12.0. The molecule has 4 aromatic carbocycles. The first kappa shape index (κ1) is 30.8. The normalized spacial score (nSPS) is 16.4. The predicted molar refractivity (Wildman–Crippen MR) is 174 cm³/mol. The molecule has 2 atom stereocenters. The van der Waals surface area contributed by atoms with Crippen LogP contribution in [0.3, 0.4) is 0 Å². The molecule has 0 spiro atoms. The van der Waals surface area contributed by atoms with E-state index >= 15 is 0 Å². The SMILES string of the molecule is CCC(=Cc1oc2cc3ccccc3cc2[n+]1CC(C)S(=O)(=O)O)C=C1Oc2cc3ccccc3cc2N1CC(C)S(=O)(=O)O. The van der Waals surface area contributed by atoms with Crippen LogP contribution in [0, 0.1) is 0 Å². The van der Waals surface area contributed by atoms with Crippen molar-refractivity contribution in [2.24, 2.45) is 0 Å². The molecule has 10 nitrogen and oxygen atoms in total. The molecule has 0 amide bonds. The standard InChI is InChI=1S/C33H32N2O8S2/c1-4-23(13-32-34(19-21(2)44(36,37)38)28-15-24-9-5-7-11-26(24)17-30(28)42-32)14-33-35(20-22(3)45(39,40)41)29-16-25-10-6-8-12-27(25)18-31(29)43-33/h5-18,21-22H,4,19-20H2,1-3H3,(H-,36,37,38,39,40,41)/p+1. The fourth-order valence-electron chi connectivity index (χ4n) is 5.43. The summed E-state index contributed by atoms with van der Waals surface area (Å²) < 4.78 is 81.9. The fourth-order valence-corrected chi connectivity index (χ4v) is 6.10. The van der Waals surface area contributed by atoms with Gasteiger partial charge in [-0.2, -0.15) is 21.4 Å². The number of benzene rings is 4. The molecule has 0 aliphatic carbocycles. The van der Waals surface area contributed by atoms with Crippen molar-refractivity contribution in [3.05, 3.63) is 96.2 Å². The van der Waals surface area contributed by atoms with Gasteiger partial charge in [0.15, 0.2) is 12.3 Å². The van der Waals surface area contributed by atoms with Gasteiger partial charge < -0.3 is 14.1 Å². The molecular weight excluding hydrogens is 617 g/mol. The molecule has 5 aromatic rings. The van der Waals surface area contributed by atoms with E-state index in [1.807, 2.05) is 79.7 Å². The first-order valence-corrected chi connectivity index (χ1v) is 17.5. The summed E-state index contributed by atoms with van der Waals surface area (Å²) in [5.74, 6) is 1.28. The Labute approximate surface area is 261 Å². The Morgan fingerprint density at radius 3 is 2.04 bits per heavy atom. The Bertz CT molecular complexity index is 2240. The Balaban J connectivity index is 1.48. The van der Waals surface area contributed by atoms with E-state index in [0.717, 1.165) is 27.1 Å². The van der Waals surface area contributed by atoms with Crippen molar-refractivity contribution in [3.63, 3.8) is 0 Å². The van der Waals surface area contributed by atoms with Gasteiger partial charge in [0, 0.05) is 18.7 Å². The lowest BCUT2D eigenvalue weighted by atomic mass is 10.1. The van der Waals surface area contributed by atoms with Crippen molar-refractivity contribution in [1.82, 2.24) is 0 Å². The zero-order chi connectivity index (χ0) is 32.1. The van der Waals surface area contributed by atoms with Crippen LogP contribution in [0.5, 0.6) is 5.75 Å². The van der Waals surface area contributed by atoms with Gasteiger partial charge in [0.2, 0.25) is 11.5 Å². The van der Waals surface area contributed by atoms with Gasteiger partial charge in [-0.3, -0.25) is 9.11 Å². The predicted octanol–water partition coefficient (Wildman–Crippen LogP) is 6.11. The van der Waals surface area contributed by atoms with Crippen molar-refractivity contribution >= 4 is 64.6 Å². The smallest absolute Gasteiger partial charge is 0.374 e. The summed E-state index contributed by atoms with van der Waals surface area (Å²) in [6.45, 7) is 4.68. The highest BCUT2D eigenvalue weighted by molar-refractivity contribution is 7.86. The lowest BCUT2D eigenvalue weighted by Gasteiger charge is -2.21. The lowest BCUT2D eigenvalue weighted by molar-refractivity contribution is -0.677. The number of allylic oxidation sites excluding steroid dienone is 2. The Hall–Kier alpha value is -4.23. The molecule has 2 N–H and O–H groups in total. The van der Waals surface area contributed by atoms with E-state index in [1.54, 1.807) is 21.6 Å². The van der Waals surface area contributed by atoms with Crippen LogP contribution >= 0.6 is 0 Å². The monoisotopic (exact) mass is 649 g/mol. The topological polar surface area (TPSA) is 138 Å². The largest absolute Gasteiger partial charge is 0.439 e. The van der Waals surface area contributed by atoms with E-state index < -0.39 is 30.7 Å². The van der Waals surface area contributed by atoms with Crippen LogP contribution in [-0.2, 0) is 26.8 Å². The van der Waals surface area contributed by atoms with E-state index in [9.17, 15) is 25.9 Å². The molecule has 1 aliphatic heterocycles. The molecule has 1 aromatic heterocycles. The van der Waals surface area contributed by atoms with Gasteiger partial charge in [0.25, 0.3) is 25.8 Å². The molecule has 0 radical (unpaired) electrons. The maximum absolute atomic E-state index is 12.0. The summed E-state index contributed by atoms with van der Waals surface area (Å²) in [6.07, 6.45) is 4.07. The van der Waals surface area contributed by atoms with Gasteiger partial charge in [-0.05, 0) is 65.6 Å². The molecule has 0 saturated heterocycles. The van der Waals surface area contributed by atoms with Crippen molar-refractivity contribution in [2.45, 2.75) is 44.2 Å². The summed E-state index contributed by atoms with van der Waals surface area (Å²) in [5, 5.41) is 1.58. The average molecular weight is 650 g/mol. The second-order valence-corrected chi connectivity index (χ2v) is 15.0. The van der Waals surface area contributed by atoms with Crippen LogP contribution in [0.1, 0.15) is 33.1 Å². The summed E-state index contributed by atoms with van der Waals surface area (Å²) >= 11 is 0. The van der Waals surface area contributed by atoms with Gasteiger partial charge in [0.1, 0.15) is 10.5 Å². The van der Waals surface area contributed by atoms with Crippen LogP contribution in [0.25, 0.3) is 38.7 Å². The summed E-state index contributed by atoms with van der Waals surface area (Å²) in [6, 6.07) is 23.1. The number of aromatic nitrogens is 1. The second kappa shape index (κ2) is 11.6. The first-order valence-electron chi connectivity index (χ1n) is 14.5. The van der Waals surface area contributed by atoms with Crippen LogP contribution in [0.15, 0.2) is 94.7 Å². The van der Waals surface area contributed by atoms with Crippen molar-refractivity contribution in [2.75, 3.05) is 11.4 Å². The summed E-state index contributed by atoms with van der Waals surface area (Å²) in [7, 11) is -8.66. The minimum atomic E-state index is -4.33.